The van der Waals surface area contributed by atoms with Crippen molar-refractivity contribution in [2.24, 2.45) is 5.73 Å². The molecule has 0 heterocycles. The van der Waals surface area contributed by atoms with Crippen LogP contribution in [0.25, 0.3) is 0 Å². The van der Waals surface area contributed by atoms with Crippen LogP contribution < -0.4 is 21.6 Å². The van der Waals surface area contributed by atoms with E-state index >= 15 is 0 Å². The molecule has 0 saturated heterocycles. The van der Waals surface area contributed by atoms with Crippen molar-refractivity contribution in [3.05, 3.63) is 91.0 Å². The van der Waals surface area contributed by atoms with Crippen LogP contribution >= 0.6 is 7.26 Å². The monoisotopic (exact) mass is 351 g/mol. The number of benzene rings is 3. The summed E-state index contributed by atoms with van der Waals surface area (Å²) in [7, 11) is -2.32. The predicted octanol–water partition coefficient (Wildman–Crippen LogP) is 2.81. The van der Waals surface area contributed by atoms with Gasteiger partial charge in [0.1, 0.15) is 0 Å². The minimum atomic E-state index is -2.32. The van der Waals surface area contributed by atoms with Gasteiger partial charge < -0.3 is 0 Å². The summed E-state index contributed by atoms with van der Waals surface area (Å²) in [5, 5.41) is 3.88. The summed E-state index contributed by atoms with van der Waals surface area (Å²) >= 11 is 0. The van der Waals surface area contributed by atoms with Gasteiger partial charge >= 0.3 is 148 Å². The summed E-state index contributed by atoms with van der Waals surface area (Å²) in [5.41, 5.74) is 5.19. The molecule has 3 nitrogen and oxygen atoms in total. The molecule has 3 aromatic carbocycles. The molecule has 0 aromatic heterocycles. The van der Waals surface area contributed by atoms with Gasteiger partial charge in [-0.25, -0.2) is 0 Å². The van der Waals surface area contributed by atoms with E-state index < -0.39 is 13.4 Å². The first kappa shape index (κ1) is 17.2. The summed E-state index contributed by atoms with van der Waals surface area (Å²) in [5.74, 6) is 0. The molecule has 0 spiro atoms. The molecule has 25 heavy (non-hydrogen) atoms. The second-order valence-corrected chi connectivity index (χ2v) is 9.96. The van der Waals surface area contributed by atoms with E-state index in [-0.39, 0.29) is 0 Å². The van der Waals surface area contributed by atoms with Gasteiger partial charge in [0.25, 0.3) is 0 Å². The Morgan fingerprint density at radius 1 is 0.720 bits per heavy atom. The summed E-state index contributed by atoms with van der Waals surface area (Å²) in [4.78, 5) is 11.1. The molecule has 0 fully saturated rings. The molecule has 0 bridgehead atoms. The normalized spacial score (nSPS) is 11.7. The molecule has 0 saturated carbocycles. The summed E-state index contributed by atoms with van der Waals surface area (Å²) in [6.45, 7) is 0.306. The Morgan fingerprint density at radius 3 is 1.40 bits per heavy atom. The van der Waals surface area contributed by atoms with Gasteiger partial charge in [-0.2, -0.15) is 0 Å². The van der Waals surface area contributed by atoms with Crippen LogP contribution in [0.2, 0.25) is 0 Å². The van der Waals surface area contributed by atoms with Gasteiger partial charge in [0, 0.05) is 0 Å². The van der Waals surface area contributed by atoms with Gasteiger partial charge in [-0.05, 0) is 0 Å². The Labute approximate surface area is 148 Å². The maximum atomic E-state index is 11.1. The van der Waals surface area contributed by atoms with Crippen molar-refractivity contribution >= 4 is 29.3 Å². The fourth-order valence-electron chi connectivity index (χ4n) is 3.41. The number of carbonyl (C=O) groups is 1. The number of hydrogen-bond acceptors (Lipinski definition) is 2. The van der Waals surface area contributed by atoms with Gasteiger partial charge in [-0.15, -0.1) is 0 Å². The molecule has 128 valence electrons. The van der Waals surface area contributed by atoms with E-state index in [1.165, 1.54) is 15.9 Å². The summed E-state index contributed by atoms with van der Waals surface area (Å²) < 4.78 is 5.14. The molecule has 4 heteroatoms. The predicted molar refractivity (Wildman–Crippen MR) is 107 cm³/mol. The van der Waals surface area contributed by atoms with Gasteiger partial charge in [-0.1, -0.05) is 0 Å². The van der Waals surface area contributed by atoms with Gasteiger partial charge in [0.05, 0.1) is 0 Å². The third kappa shape index (κ3) is 3.72. The molecule has 1 amide bonds. The van der Waals surface area contributed by atoms with Crippen LogP contribution in [-0.4, -0.2) is 18.9 Å². The zero-order chi connectivity index (χ0) is 17.5. The number of carbonyl (C=O) groups excluding carboxylic acids is 1. The number of amides is 1. The third-order valence-corrected chi connectivity index (χ3v) is 9.43. The number of hydrogen-bond donors (Lipinski definition) is 1. The molecule has 0 aliphatic carbocycles. The molecule has 0 atom stereocenters. The molecule has 0 aliphatic rings. The zero-order valence-corrected chi connectivity index (χ0v) is 15.0. The minimum absolute atomic E-state index is 0.306. The molecule has 2 N–H and O–H groups in total. The van der Waals surface area contributed by atoms with E-state index in [0.717, 1.165) is 6.16 Å². The number of rotatable bonds is 6. The van der Waals surface area contributed by atoms with Crippen LogP contribution in [0.5, 0.6) is 0 Å². The van der Waals surface area contributed by atoms with Crippen molar-refractivity contribution in [3.8, 4) is 0 Å². The topological polar surface area (TPSA) is 52.3 Å². The maximum absolute atomic E-state index is 11.1. The molecule has 3 rings (SSSR count). The average molecular weight is 351 g/mol. The van der Waals surface area contributed by atoms with Crippen molar-refractivity contribution in [2.45, 2.75) is 0 Å². The van der Waals surface area contributed by atoms with Crippen LogP contribution in [0.15, 0.2) is 91.0 Å². The molecular weight excluding hydrogens is 329 g/mol. The van der Waals surface area contributed by atoms with Crippen molar-refractivity contribution in [1.82, 2.24) is 0 Å². The van der Waals surface area contributed by atoms with E-state index in [1.54, 1.807) is 0 Å². The van der Waals surface area contributed by atoms with Crippen molar-refractivity contribution in [1.29, 1.82) is 0 Å². The Kier molecular flexibility index (Phi) is 5.47. The van der Waals surface area contributed by atoms with Crippen LogP contribution in [-0.2, 0) is 4.74 Å². The third-order valence-electron chi connectivity index (χ3n) is 4.52. The average Bonchev–Trinajstić information content (AvgIpc) is 2.67. The SMILES string of the molecule is NC(=O)OCC[PH](c1ccccc1)(c1ccccc1)c1ccccc1. The molecule has 0 radical (unpaired) electrons. The Bertz CT molecular complexity index is 710. The summed E-state index contributed by atoms with van der Waals surface area (Å²) in [6, 6.07) is 31.5. The number of ether oxygens (including phenoxy) is 1. The van der Waals surface area contributed by atoms with Crippen molar-refractivity contribution < 1.29 is 9.53 Å². The first-order valence-corrected chi connectivity index (χ1v) is 10.5. The van der Waals surface area contributed by atoms with Crippen LogP contribution in [0, 0.1) is 0 Å². The molecule has 3 aromatic rings. The Hall–Kier alpha value is -2.64. The Morgan fingerprint density at radius 2 is 1.08 bits per heavy atom. The first-order valence-electron chi connectivity index (χ1n) is 8.32. The van der Waals surface area contributed by atoms with E-state index in [0.29, 0.717) is 6.61 Å². The van der Waals surface area contributed by atoms with Crippen LogP contribution in [0.3, 0.4) is 0 Å². The zero-order valence-electron chi connectivity index (χ0n) is 14.0. The van der Waals surface area contributed by atoms with Gasteiger partial charge in [0.2, 0.25) is 0 Å². The standard InChI is InChI=1S/C21H22NO2P/c22-21(23)24-16-17-25(18-10-4-1-5-11-18,19-12-6-2-7-13-19)20-14-8-3-9-15-20/h1-15,25H,16-17H2,(H2,22,23). The second-order valence-electron chi connectivity index (χ2n) is 5.92. The van der Waals surface area contributed by atoms with Crippen molar-refractivity contribution in [2.75, 3.05) is 12.8 Å². The summed E-state index contributed by atoms with van der Waals surface area (Å²) in [6.07, 6.45) is 0.0191. The van der Waals surface area contributed by atoms with Gasteiger partial charge in [0.15, 0.2) is 0 Å². The molecular formula is C21H22NO2P. The molecule has 0 aliphatic heterocycles. The fourth-order valence-corrected chi connectivity index (χ4v) is 7.96. The van der Waals surface area contributed by atoms with E-state index in [1.807, 2.05) is 18.2 Å². The number of primary amides is 1. The van der Waals surface area contributed by atoms with Crippen LogP contribution in [0.1, 0.15) is 0 Å². The van der Waals surface area contributed by atoms with Crippen molar-refractivity contribution in [3.63, 3.8) is 0 Å². The van der Waals surface area contributed by atoms with Gasteiger partial charge in [-0.3, -0.25) is 0 Å². The van der Waals surface area contributed by atoms with E-state index in [2.05, 4.69) is 72.8 Å². The Balaban J connectivity index is 2.18. The fraction of sp³-hybridized carbons (Fsp3) is 0.0952. The first-order chi connectivity index (χ1) is 12.2. The number of nitrogens with two attached hydrogens (primary N) is 1. The van der Waals surface area contributed by atoms with E-state index in [9.17, 15) is 4.79 Å². The van der Waals surface area contributed by atoms with E-state index in [4.69, 9.17) is 10.5 Å². The quantitative estimate of drug-likeness (QED) is 0.695. The second kappa shape index (κ2) is 7.96. The molecule has 0 unspecified atom stereocenters. The van der Waals surface area contributed by atoms with Crippen LogP contribution in [0.4, 0.5) is 4.79 Å².